The molecule has 1 aromatic heterocycles. The van der Waals surface area contributed by atoms with Crippen LogP contribution in [0.2, 0.25) is 0 Å². The Balaban J connectivity index is 2.64. The highest BCUT2D eigenvalue weighted by atomic mass is 19.2. The van der Waals surface area contributed by atoms with Crippen LogP contribution in [0.15, 0.2) is 42.1 Å². The normalized spacial score (nSPS) is 11.7. The van der Waals surface area contributed by atoms with Gasteiger partial charge in [-0.15, -0.1) is 0 Å². The van der Waals surface area contributed by atoms with Crippen molar-refractivity contribution in [3.05, 3.63) is 64.3 Å². The minimum atomic E-state index is -0.857. The Bertz CT molecular complexity index is 735. The van der Waals surface area contributed by atoms with Crippen molar-refractivity contribution >= 4 is 12.7 Å². The Hall–Kier alpha value is -2.16. The van der Waals surface area contributed by atoms with E-state index in [0.29, 0.717) is 5.69 Å². The van der Waals surface area contributed by atoms with Crippen LogP contribution in [0.3, 0.4) is 0 Å². The number of benzene rings is 1. The molecule has 0 saturated carbocycles. The Kier molecular flexibility index (Phi) is 3.65. The van der Waals surface area contributed by atoms with Gasteiger partial charge in [0.2, 0.25) is 0 Å². The van der Waals surface area contributed by atoms with Crippen LogP contribution in [0.25, 0.3) is 18.3 Å². The Morgan fingerprint density at radius 1 is 1.16 bits per heavy atom. The summed E-state index contributed by atoms with van der Waals surface area (Å²) in [6, 6.07) is 5.68. The Morgan fingerprint density at radius 2 is 1.89 bits per heavy atom. The first-order valence-electron chi connectivity index (χ1n) is 5.96. The molecular weight excluding hydrogens is 244 g/mol. The molecule has 0 fully saturated rings. The van der Waals surface area contributed by atoms with Gasteiger partial charge in [0.25, 0.3) is 0 Å². The van der Waals surface area contributed by atoms with Crippen LogP contribution in [0.4, 0.5) is 8.78 Å². The highest BCUT2D eigenvalue weighted by molar-refractivity contribution is 5.42. The number of hydrogen-bond acceptors (Lipinski definition) is 0. The molecule has 0 bridgehead atoms. The molecule has 3 heteroatoms. The van der Waals surface area contributed by atoms with Gasteiger partial charge in [0, 0.05) is 18.0 Å². The lowest BCUT2D eigenvalue weighted by Gasteiger charge is -2.04. The molecule has 2 rings (SSSR count). The molecule has 0 aliphatic carbocycles. The lowest BCUT2D eigenvalue weighted by molar-refractivity contribution is 0.508. The van der Waals surface area contributed by atoms with E-state index in [1.165, 1.54) is 12.1 Å². The van der Waals surface area contributed by atoms with Crippen molar-refractivity contribution in [1.82, 2.24) is 4.57 Å². The third kappa shape index (κ3) is 2.81. The third-order valence-corrected chi connectivity index (χ3v) is 2.77. The molecule has 98 valence electrons. The highest BCUT2D eigenvalue weighted by Crippen LogP contribution is 2.11. The number of halogens is 2. The molecular formula is C16H15F2N. The smallest absolute Gasteiger partial charge is 0.160 e. The fraction of sp³-hybridized carbons (Fsp3) is 0.125. The molecule has 0 atom stereocenters. The van der Waals surface area contributed by atoms with E-state index in [-0.39, 0.29) is 0 Å². The van der Waals surface area contributed by atoms with Crippen LogP contribution in [0.5, 0.6) is 0 Å². The van der Waals surface area contributed by atoms with Crippen molar-refractivity contribution in [3.63, 3.8) is 0 Å². The largest absolute Gasteiger partial charge is 0.316 e. The average Bonchev–Trinajstić information content (AvgIpc) is 2.71. The Labute approximate surface area is 110 Å². The van der Waals surface area contributed by atoms with Crippen molar-refractivity contribution in [1.29, 1.82) is 0 Å². The summed E-state index contributed by atoms with van der Waals surface area (Å²) < 4.78 is 28.0. The molecule has 1 aromatic carbocycles. The number of aromatic nitrogens is 1. The fourth-order valence-electron chi connectivity index (χ4n) is 1.78. The van der Waals surface area contributed by atoms with Crippen LogP contribution >= 0.6 is 0 Å². The number of nitrogens with zero attached hydrogens (tertiary/aromatic N) is 1. The zero-order valence-electron chi connectivity index (χ0n) is 11.0. The molecule has 0 saturated heterocycles. The number of allylic oxidation sites excluding steroid dienone is 2. The van der Waals surface area contributed by atoms with Crippen molar-refractivity contribution in [2.45, 2.75) is 13.8 Å². The van der Waals surface area contributed by atoms with Gasteiger partial charge >= 0.3 is 0 Å². The molecule has 19 heavy (non-hydrogen) atoms. The second kappa shape index (κ2) is 5.22. The standard InChI is InChI=1S/C16H15F2N/c1-11(2)4-7-16-12(3)8-9-19(16)13-5-6-14(17)15(18)10-13/h4-10H,3H2,1-2H3/b16-7+. The van der Waals surface area contributed by atoms with E-state index in [2.05, 4.69) is 6.58 Å². The number of rotatable bonds is 2. The minimum Gasteiger partial charge on any atom is -0.316 e. The van der Waals surface area contributed by atoms with Gasteiger partial charge in [-0.3, -0.25) is 0 Å². The minimum absolute atomic E-state index is 0.571. The summed E-state index contributed by atoms with van der Waals surface area (Å²) in [6.45, 7) is 7.92. The molecule has 0 aliphatic heterocycles. The third-order valence-electron chi connectivity index (χ3n) is 2.77. The second-order valence-corrected chi connectivity index (χ2v) is 4.61. The first kappa shape index (κ1) is 13.3. The van der Waals surface area contributed by atoms with E-state index >= 15 is 0 Å². The maximum Gasteiger partial charge on any atom is 0.160 e. The van der Waals surface area contributed by atoms with Gasteiger partial charge in [0.15, 0.2) is 11.6 Å². The molecule has 0 unspecified atom stereocenters. The van der Waals surface area contributed by atoms with Crippen LogP contribution in [0.1, 0.15) is 13.8 Å². The van der Waals surface area contributed by atoms with Crippen molar-refractivity contribution in [2.75, 3.05) is 0 Å². The van der Waals surface area contributed by atoms with Crippen molar-refractivity contribution < 1.29 is 8.78 Å². The van der Waals surface area contributed by atoms with E-state index in [4.69, 9.17) is 0 Å². The van der Waals surface area contributed by atoms with E-state index in [1.54, 1.807) is 10.8 Å². The predicted molar refractivity (Wildman–Crippen MR) is 74.4 cm³/mol. The lowest BCUT2D eigenvalue weighted by atomic mass is 10.3. The maximum absolute atomic E-state index is 13.3. The second-order valence-electron chi connectivity index (χ2n) is 4.61. The maximum atomic E-state index is 13.3. The van der Waals surface area contributed by atoms with Gasteiger partial charge in [0.1, 0.15) is 0 Å². The predicted octanol–water partition coefficient (Wildman–Crippen LogP) is 2.91. The molecule has 0 radical (unpaired) electrons. The van der Waals surface area contributed by atoms with E-state index in [1.807, 2.05) is 32.1 Å². The quantitative estimate of drug-likeness (QED) is 0.781. The molecule has 1 nitrogen and oxygen atoms in total. The summed E-state index contributed by atoms with van der Waals surface area (Å²) in [5, 5.41) is 1.69. The summed E-state index contributed by atoms with van der Waals surface area (Å²) in [5.41, 5.74) is 1.72. The number of hydrogen-bond donors (Lipinski definition) is 0. The van der Waals surface area contributed by atoms with Crippen LogP contribution in [0, 0.1) is 11.6 Å². The van der Waals surface area contributed by atoms with Gasteiger partial charge in [-0.05, 0) is 43.3 Å². The zero-order chi connectivity index (χ0) is 14.0. The van der Waals surface area contributed by atoms with Gasteiger partial charge in [-0.2, -0.15) is 0 Å². The first-order valence-corrected chi connectivity index (χ1v) is 5.96. The van der Waals surface area contributed by atoms with Crippen molar-refractivity contribution in [2.24, 2.45) is 0 Å². The molecule has 0 spiro atoms. The highest BCUT2D eigenvalue weighted by Gasteiger charge is 2.04. The van der Waals surface area contributed by atoms with Gasteiger partial charge in [-0.25, -0.2) is 8.78 Å². The molecule has 0 aliphatic rings. The van der Waals surface area contributed by atoms with Crippen LogP contribution in [-0.4, -0.2) is 4.57 Å². The van der Waals surface area contributed by atoms with Crippen LogP contribution < -0.4 is 10.6 Å². The molecule has 0 N–H and O–H groups in total. The summed E-state index contributed by atoms with van der Waals surface area (Å²) in [6.07, 6.45) is 5.67. The van der Waals surface area contributed by atoms with Crippen molar-refractivity contribution in [3.8, 4) is 5.69 Å². The fourth-order valence-corrected chi connectivity index (χ4v) is 1.78. The SMILES string of the molecule is C=c1ccn(-c2ccc(F)c(F)c2)/c1=C/C=C(C)C. The average molecular weight is 259 g/mol. The summed E-state index contributed by atoms with van der Waals surface area (Å²) in [5.74, 6) is -1.70. The van der Waals surface area contributed by atoms with Crippen LogP contribution in [-0.2, 0) is 0 Å². The summed E-state index contributed by atoms with van der Waals surface area (Å²) >= 11 is 0. The van der Waals surface area contributed by atoms with E-state index < -0.39 is 11.6 Å². The topological polar surface area (TPSA) is 4.93 Å². The first-order chi connectivity index (χ1) is 8.99. The lowest BCUT2D eigenvalue weighted by Crippen LogP contribution is -2.26. The van der Waals surface area contributed by atoms with Gasteiger partial charge < -0.3 is 4.57 Å². The van der Waals surface area contributed by atoms with E-state index in [9.17, 15) is 8.78 Å². The van der Waals surface area contributed by atoms with E-state index in [0.717, 1.165) is 22.2 Å². The molecule has 2 aromatic rings. The Morgan fingerprint density at radius 3 is 2.53 bits per heavy atom. The molecule has 1 heterocycles. The summed E-state index contributed by atoms with van der Waals surface area (Å²) in [4.78, 5) is 0. The van der Waals surface area contributed by atoms with Gasteiger partial charge in [0.05, 0.1) is 5.35 Å². The zero-order valence-corrected chi connectivity index (χ0v) is 11.0. The monoisotopic (exact) mass is 259 g/mol. The molecule has 0 amide bonds. The summed E-state index contributed by atoms with van der Waals surface area (Å²) in [7, 11) is 0. The van der Waals surface area contributed by atoms with Gasteiger partial charge in [-0.1, -0.05) is 18.2 Å².